The lowest BCUT2D eigenvalue weighted by Gasteiger charge is -2.25. The number of nitrogens with one attached hydrogen (secondary N) is 2. The van der Waals surface area contributed by atoms with E-state index >= 15 is 0 Å². The highest BCUT2D eigenvalue weighted by molar-refractivity contribution is 7.99. The summed E-state index contributed by atoms with van der Waals surface area (Å²) < 4.78 is 10.9. The van der Waals surface area contributed by atoms with Crippen LogP contribution in [0.2, 0.25) is 0 Å². The maximum absolute atomic E-state index is 13.6. The zero-order valence-electron chi connectivity index (χ0n) is 26.5. The average molecular weight is 653 g/mol. The number of hydrogen-bond donors (Lipinski definition) is 2. The van der Waals surface area contributed by atoms with Gasteiger partial charge >= 0.3 is 11.9 Å². The van der Waals surface area contributed by atoms with Crippen molar-refractivity contribution in [3.05, 3.63) is 144 Å². The lowest BCUT2D eigenvalue weighted by atomic mass is 10.1. The van der Waals surface area contributed by atoms with Gasteiger partial charge < -0.3 is 20.1 Å². The quantitative estimate of drug-likeness (QED) is 0.148. The van der Waals surface area contributed by atoms with E-state index in [2.05, 4.69) is 10.6 Å². The van der Waals surface area contributed by atoms with Gasteiger partial charge in [0.05, 0.1) is 0 Å². The van der Waals surface area contributed by atoms with Gasteiger partial charge in [-0.05, 0) is 24.0 Å². The van der Waals surface area contributed by atoms with Gasteiger partial charge in [-0.25, -0.2) is 0 Å². The van der Waals surface area contributed by atoms with Gasteiger partial charge in [-0.1, -0.05) is 121 Å². The molecule has 2 N–H and O–H groups in total. The third kappa shape index (κ3) is 11.8. The summed E-state index contributed by atoms with van der Waals surface area (Å²) in [5.74, 6) is -0.872. The van der Waals surface area contributed by atoms with Gasteiger partial charge in [-0.2, -0.15) is 11.8 Å². The molecular weight excluding hydrogens is 612 g/mol. The van der Waals surface area contributed by atoms with Gasteiger partial charge in [0.25, 0.3) is 11.8 Å². The molecule has 2 amide bonds. The Morgan fingerprint density at radius 3 is 1.17 bits per heavy atom. The maximum Gasteiger partial charge on any atom is 0.303 e. The summed E-state index contributed by atoms with van der Waals surface area (Å²) in [6.45, 7) is 2.57. The zero-order chi connectivity index (χ0) is 33.4. The van der Waals surface area contributed by atoms with Crippen LogP contribution in [0.1, 0.15) is 48.3 Å². The highest BCUT2D eigenvalue weighted by Crippen LogP contribution is 2.21. The summed E-state index contributed by atoms with van der Waals surface area (Å²) in [7, 11) is 0. The third-order valence-corrected chi connectivity index (χ3v) is 8.51. The van der Waals surface area contributed by atoms with E-state index in [0.29, 0.717) is 35.5 Å². The summed E-state index contributed by atoms with van der Waals surface area (Å²) in [4.78, 5) is 51.0. The second kappa shape index (κ2) is 18.3. The van der Waals surface area contributed by atoms with E-state index in [1.165, 1.54) is 13.8 Å². The van der Waals surface area contributed by atoms with Crippen molar-refractivity contribution >= 4 is 35.5 Å². The Labute approximate surface area is 280 Å². The Bertz CT molecular complexity index is 1450. The molecule has 0 fully saturated rings. The number of rotatable bonds is 16. The standard InChI is InChI=1S/C38H40N2O6S/c1-27(41)45-35(31-19-11-5-12-20-31)37(43)39-33(23-29-15-7-3-8-16-29)25-47-26-34(24-30-17-9-4-10-18-30)40-38(44)36(46-28(2)42)32-21-13-6-14-22-32/h3-22,33-36H,23-26H2,1-2H3,(H,39,43)(H,40,44)/t33-,34-,35-,36-/m0/s1. The molecule has 9 heteroatoms. The van der Waals surface area contributed by atoms with E-state index in [1.807, 2.05) is 72.8 Å². The first kappa shape index (κ1) is 35.0. The first-order chi connectivity index (χ1) is 22.8. The topological polar surface area (TPSA) is 111 Å². The van der Waals surface area contributed by atoms with E-state index in [0.717, 1.165) is 11.1 Å². The lowest BCUT2D eigenvalue weighted by molar-refractivity contribution is -0.154. The van der Waals surface area contributed by atoms with Gasteiger partial charge in [0.15, 0.2) is 0 Å². The number of amides is 2. The molecule has 0 bridgehead atoms. The summed E-state index contributed by atoms with van der Waals surface area (Å²) >= 11 is 1.59. The molecule has 0 spiro atoms. The third-order valence-electron chi connectivity index (χ3n) is 7.23. The molecule has 244 valence electrons. The predicted molar refractivity (Wildman–Crippen MR) is 183 cm³/mol. The first-order valence-corrected chi connectivity index (χ1v) is 16.6. The zero-order valence-corrected chi connectivity index (χ0v) is 27.4. The van der Waals surface area contributed by atoms with Crippen LogP contribution in [0.4, 0.5) is 0 Å². The Morgan fingerprint density at radius 2 is 0.851 bits per heavy atom. The molecule has 0 aliphatic heterocycles. The van der Waals surface area contributed by atoms with Crippen molar-refractivity contribution in [3.63, 3.8) is 0 Å². The summed E-state index contributed by atoms with van der Waals surface area (Å²) in [5.41, 5.74) is 3.25. The molecule has 0 unspecified atom stereocenters. The van der Waals surface area contributed by atoms with Gasteiger partial charge in [-0.15, -0.1) is 0 Å². The summed E-state index contributed by atoms with van der Waals surface area (Å²) in [6, 6.07) is 36.9. The molecular formula is C38H40N2O6S. The van der Waals surface area contributed by atoms with Crippen LogP contribution in [0.15, 0.2) is 121 Å². The van der Waals surface area contributed by atoms with Crippen molar-refractivity contribution in [2.24, 2.45) is 0 Å². The Hall–Kier alpha value is -4.89. The molecule has 47 heavy (non-hydrogen) atoms. The smallest absolute Gasteiger partial charge is 0.303 e. The molecule has 0 aliphatic rings. The minimum atomic E-state index is -1.08. The van der Waals surface area contributed by atoms with Crippen molar-refractivity contribution in [1.82, 2.24) is 10.6 Å². The number of esters is 2. The Balaban J connectivity index is 1.50. The predicted octanol–water partition coefficient (Wildman–Crippen LogP) is 5.78. The van der Waals surface area contributed by atoms with Crippen LogP contribution in [-0.2, 0) is 41.5 Å². The van der Waals surface area contributed by atoms with Gasteiger partial charge in [0.1, 0.15) is 0 Å². The van der Waals surface area contributed by atoms with Crippen molar-refractivity contribution in [2.75, 3.05) is 11.5 Å². The summed E-state index contributed by atoms with van der Waals surface area (Å²) in [6.07, 6.45) is -1.06. The van der Waals surface area contributed by atoms with E-state index in [-0.39, 0.29) is 12.1 Å². The minimum absolute atomic E-state index is 0.303. The van der Waals surface area contributed by atoms with Crippen molar-refractivity contribution in [2.45, 2.75) is 51.0 Å². The number of ether oxygens (including phenoxy) is 2. The second-order valence-corrected chi connectivity index (χ2v) is 12.2. The minimum Gasteiger partial charge on any atom is -0.447 e. The Kier molecular flexibility index (Phi) is 13.6. The molecule has 8 nitrogen and oxygen atoms in total. The molecule has 0 saturated heterocycles. The number of benzene rings is 4. The number of carbonyl (C=O) groups is 4. The van der Waals surface area contributed by atoms with Crippen LogP contribution in [0.3, 0.4) is 0 Å². The molecule has 0 radical (unpaired) electrons. The fourth-order valence-electron chi connectivity index (χ4n) is 5.14. The molecule has 4 atom stereocenters. The van der Waals surface area contributed by atoms with Crippen molar-refractivity contribution in [3.8, 4) is 0 Å². The van der Waals surface area contributed by atoms with E-state index < -0.39 is 36.0 Å². The van der Waals surface area contributed by atoms with Gasteiger partial charge in [0.2, 0.25) is 12.2 Å². The van der Waals surface area contributed by atoms with E-state index in [1.54, 1.807) is 60.3 Å². The number of carbonyl (C=O) groups excluding carboxylic acids is 4. The molecule has 0 aromatic heterocycles. The Morgan fingerprint density at radius 1 is 0.532 bits per heavy atom. The first-order valence-electron chi connectivity index (χ1n) is 15.5. The number of thioether (sulfide) groups is 1. The monoisotopic (exact) mass is 652 g/mol. The van der Waals surface area contributed by atoms with E-state index in [4.69, 9.17) is 9.47 Å². The number of hydrogen-bond acceptors (Lipinski definition) is 7. The van der Waals surface area contributed by atoms with Crippen LogP contribution in [0.25, 0.3) is 0 Å². The molecule has 4 rings (SSSR count). The van der Waals surface area contributed by atoms with Crippen LogP contribution in [0, 0.1) is 0 Å². The molecule has 0 heterocycles. The molecule has 4 aromatic carbocycles. The van der Waals surface area contributed by atoms with Gasteiger partial charge in [0, 0.05) is 48.6 Å². The lowest BCUT2D eigenvalue weighted by Crippen LogP contribution is -2.44. The average Bonchev–Trinajstić information content (AvgIpc) is 3.07. The molecule has 0 saturated carbocycles. The molecule has 0 aliphatic carbocycles. The fourth-order valence-corrected chi connectivity index (χ4v) is 6.25. The van der Waals surface area contributed by atoms with E-state index in [9.17, 15) is 19.2 Å². The highest BCUT2D eigenvalue weighted by Gasteiger charge is 2.28. The maximum atomic E-state index is 13.6. The van der Waals surface area contributed by atoms with Gasteiger partial charge in [-0.3, -0.25) is 19.2 Å². The fraction of sp³-hybridized carbons (Fsp3) is 0.263. The highest BCUT2D eigenvalue weighted by atomic mass is 32.2. The van der Waals surface area contributed by atoms with Crippen LogP contribution < -0.4 is 10.6 Å². The van der Waals surface area contributed by atoms with Crippen LogP contribution in [-0.4, -0.2) is 47.3 Å². The van der Waals surface area contributed by atoms with Crippen LogP contribution in [0.5, 0.6) is 0 Å². The van der Waals surface area contributed by atoms with Crippen molar-refractivity contribution in [1.29, 1.82) is 0 Å². The summed E-state index contributed by atoms with van der Waals surface area (Å²) in [5, 5.41) is 6.23. The molecule has 4 aromatic rings. The van der Waals surface area contributed by atoms with Crippen molar-refractivity contribution < 1.29 is 28.7 Å². The normalized spacial score (nSPS) is 13.3. The van der Waals surface area contributed by atoms with Crippen LogP contribution >= 0.6 is 11.8 Å². The SMILES string of the molecule is CC(=O)O[C@H](C(=O)N[C@H](CSC[C@H](Cc1ccccc1)NC(=O)[C@@H](OC(C)=O)c1ccccc1)Cc1ccccc1)c1ccccc1. The second-order valence-electron chi connectivity index (χ2n) is 11.1. The largest absolute Gasteiger partial charge is 0.447 e.